The summed E-state index contributed by atoms with van der Waals surface area (Å²) in [6.07, 6.45) is 2.06. The minimum atomic E-state index is -1.93. The molecule has 1 N–H and O–H groups in total. The second kappa shape index (κ2) is 8.19. The van der Waals surface area contributed by atoms with E-state index in [-0.39, 0.29) is 40.9 Å². The van der Waals surface area contributed by atoms with Crippen molar-refractivity contribution in [1.29, 1.82) is 0 Å². The van der Waals surface area contributed by atoms with Crippen LogP contribution < -0.4 is 0 Å². The molecule has 0 aromatic heterocycles. The summed E-state index contributed by atoms with van der Waals surface area (Å²) in [4.78, 5) is 52.8. The first-order chi connectivity index (χ1) is 16.7. The number of benzene rings is 1. The van der Waals surface area contributed by atoms with Crippen molar-refractivity contribution in [2.24, 2.45) is 17.8 Å². The number of phenolic OH excluding ortho intramolecular Hbond substituents is 1. The number of nitrogens with zero attached hydrogens (tertiary/aromatic N) is 2. The number of carbonyl (C=O) groups excluding carboxylic acids is 4. The van der Waals surface area contributed by atoms with Crippen LogP contribution in [-0.4, -0.2) is 59.3 Å². The summed E-state index contributed by atoms with van der Waals surface area (Å²) in [5, 5.41) is 10.1. The highest BCUT2D eigenvalue weighted by Crippen LogP contribution is 2.66. The van der Waals surface area contributed by atoms with E-state index >= 15 is 0 Å². The lowest BCUT2D eigenvalue weighted by atomic mass is 9.56. The zero-order valence-electron chi connectivity index (χ0n) is 19.7. The van der Waals surface area contributed by atoms with Crippen LogP contribution >= 0.6 is 50.7 Å². The lowest BCUT2D eigenvalue weighted by Gasteiger charge is -2.51. The van der Waals surface area contributed by atoms with E-state index in [0.717, 1.165) is 4.90 Å². The van der Waals surface area contributed by atoms with Crippen molar-refractivity contribution < 1.29 is 24.3 Å². The molecule has 192 valence electrons. The van der Waals surface area contributed by atoms with Crippen molar-refractivity contribution in [2.45, 2.75) is 54.8 Å². The molecule has 2 aliphatic carbocycles. The molecular formula is C25H24BrCl3N2O5. The van der Waals surface area contributed by atoms with Gasteiger partial charge in [-0.05, 0) is 57.2 Å². The molecule has 1 aromatic rings. The molecule has 7 nitrogen and oxygen atoms in total. The van der Waals surface area contributed by atoms with Crippen LogP contribution in [0.15, 0.2) is 29.8 Å². The molecule has 0 radical (unpaired) electrons. The van der Waals surface area contributed by atoms with Crippen LogP contribution in [-0.2, 0) is 19.2 Å². The maximum absolute atomic E-state index is 13.7. The molecule has 4 amide bonds. The van der Waals surface area contributed by atoms with E-state index < -0.39 is 50.8 Å². The number of fused-ring (bicyclic) bond motifs is 4. The first-order valence-corrected chi connectivity index (χ1v) is 13.8. The van der Waals surface area contributed by atoms with Gasteiger partial charge in [0.2, 0.25) is 11.8 Å². The highest BCUT2D eigenvalue weighted by Gasteiger charge is 2.76. The predicted molar refractivity (Wildman–Crippen MR) is 138 cm³/mol. The summed E-state index contributed by atoms with van der Waals surface area (Å²) in [6, 6.07) is 4.30. The van der Waals surface area contributed by atoms with Crippen LogP contribution in [0.5, 0.6) is 5.75 Å². The van der Waals surface area contributed by atoms with Gasteiger partial charge in [0.15, 0.2) is 9.75 Å². The Kier molecular flexibility index (Phi) is 5.92. The molecule has 0 spiro atoms. The Morgan fingerprint density at radius 2 is 1.75 bits per heavy atom. The summed E-state index contributed by atoms with van der Waals surface area (Å²) in [7, 11) is 0. The fraction of sp³-hybridized carbons (Fsp3) is 0.520. The van der Waals surface area contributed by atoms with E-state index in [4.69, 9.17) is 34.8 Å². The van der Waals surface area contributed by atoms with E-state index in [1.807, 2.05) is 6.08 Å². The minimum Gasteiger partial charge on any atom is -0.508 e. The van der Waals surface area contributed by atoms with Gasteiger partial charge in [-0.25, -0.2) is 0 Å². The molecule has 0 bridgehead atoms. The smallest absolute Gasteiger partial charge is 0.254 e. The van der Waals surface area contributed by atoms with Crippen molar-refractivity contribution in [3.63, 3.8) is 0 Å². The average molecular weight is 619 g/mol. The molecule has 1 aromatic carbocycles. The second-order valence-electron chi connectivity index (χ2n) is 10.9. The van der Waals surface area contributed by atoms with Crippen LogP contribution in [0.1, 0.15) is 45.1 Å². The molecule has 4 aliphatic rings. The second-order valence-corrected chi connectivity index (χ2v) is 13.0. The summed E-state index contributed by atoms with van der Waals surface area (Å²) in [5.74, 6) is -4.89. The Morgan fingerprint density at radius 1 is 1.08 bits per heavy atom. The van der Waals surface area contributed by atoms with Gasteiger partial charge in [0, 0.05) is 16.5 Å². The van der Waals surface area contributed by atoms with E-state index in [1.165, 1.54) is 17.0 Å². The van der Waals surface area contributed by atoms with Crippen molar-refractivity contribution in [1.82, 2.24) is 9.80 Å². The number of phenols is 1. The number of alkyl halides is 3. The number of allylic oxidation sites excluding steroid dienone is 2. The Hall–Kier alpha value is -1.61. The van der Waals surface area contributed by atoms with Gasteiger partial charge < -0.3 is 5.11 Å². The Balaban J connectivity index is 1.74. The third kappa shape index (κ3) is 3.17. The van der Waals surface area contributed by atoms with Crippen LogP contribution in [0.2, 0.25) is 5.02 Å². The summed E-state index contributed by atoms with van der Waals surface area (Å²) < 4.78 is 0. The number of hydrogen-bond donors (Lipinski definition) is 1. The topological polar surface area (TPSA) is 95.0 Å². The SMILES string of the molecule is CC(C)(C)N1C(=O)[C@H]2[C@H](CC=C3[C@H]2C[C@@]2(Cl)C(=O)N(CBr)C(=O)[C@@]2(Cl)[C@H]3c2ccc(O)cc2Cl)C1=O. The molecule has 5 rings (SSSR count). The summed E-state index contributed by atoms with van der Waals surface area (Å²) in [5.41, 5.74) is 0.241. The quantitative estimate of drug-likeness (QED) is 0.227. The number of halogens is 4. The number of rotatable bonds is 2. The number of likely N-dealkylation sites (tertiary alicyclic amines) is 2. The number of aromatic hydroxyl groups is 1. The van der Waals surface area contributed by atoms with Crippen molar-refractivity contribution in [3.05, 3.63) is 40.4 Å². The van der Waals surface area contributed by atoms with Crippen LogP contribution in [0.3, 0.4) is 0 Å². The molecule has 6 atom stereocenters. The van der Waals surface area contributed by atoms with E-state index in [0.29, 0.717) is 11.1 Å². The summed E-state index contributed by atoms with van der Waals surface area (Å²) in [6.45, 7) is 5.40. The molecule has 0 unspecified atom stereocenters. The van der Waals surface area contributed by atoms with Gasteiger partial charge in [0.25, 0.3) is 11.8 Å². The van der Waals surface area contributed by atoms with Crippen molar-refractivity contribution >= 4 is 74.4 Å². The number of carbonyl (C=O) groups is 4. The summed E-state index contributed by atoms with van der Waals surface area (Å²) >= 11 is 24.0. The molecule has 2 saturated heterocycles. The fourth-order valence-electron chi connectivity index (χ4n) is 6.51. The third-order valence-corrected chi connectivity index (χ3v) is 10.2. The highest BCUT2D eigenvalue weighted by atomic mass is 79.9. The maximum Gasteiger partial charge on any atom is 0.254 e. The van der Waals surface area contributed by atoms with Crippen LogP contribution in [0, 0.1) is 17.8 Å². The number of imide groups is 2. The van der Waals surface area contributed by atoms with E-state index in [9.17, 15) is 24.3 Å². The van der Waals surface area contributed by atoms with Gasteiger partial charge >= 0.3 is 0 Å². The van der Waals surface area contributed by atoms with Crippen molar-refractivity contribution in [3.8, 4) is 5.75 Å². The normalized spacial score (nSPS) is 36.1. The van der Waals surface area contributed by atoms with Gasteiger partial charge in [-0.2, -0.15) is 0 Å². The highest BCUT2D eigenvalue weighted by molar-refractivity contribution is 9.09. The standard InChI is InChI=1S/C25H24BrCl3N2O5/c1-23(2,3)31-19(33)14-7-6-12-15(17(14)20(31)34)9-24(28)21(35)30(10-26)22(36)25(24,29)18(12)13-5-4-11(32)8-16(13)27/h4-6,8,14-15,17-18,32H,7,9-10H2,1-3H3/t14-,15+,17-,18+,24+,25-/m0/s1. The first-order valence-electron chi connectivity index (χ1n) is 11.6. The first kappa shape index (κ1) is 26.0. The molecule has 36 heavy (non-hydrogen) atoms. The lowest BCUT2D eigenvalue weighted by Crippen LogP contribution is -2.60. The van der Waals surface area contributed by atoms with Crippen molar-refractivity contribution in [2.75, 3.05) is 5.45 Å². The zero-order chi connectivity index (χ0) is 26.5. The van der Waals surface area contributed by atoms with Gasteiger partial charge in [0.1, 0.15) is 5.75 Å². The van der Waals surface area contributed by atoms with Crippen LogP contribution in [0.4, 0.5) is 0 Å². The minimum absolute atomic E-state index is 0.0807. The van der Waals surface area contributed by atoms with Gasteiger partial charge in [-0.3, -0.25) is 29.0 Å². The number of amides is 4. The lowest BCUT2D eigenvalue weighted by molar-refractivity contribution is -0.146. The monoisotopic (exact) mass is 616 g/mol. The average Bonchev–Trinajstić information content (AvgIpc) is 3.13. The molecule has 2 aliphatic heterocycles. The van der Waals surface area contributed by atoms with Gasteiger partial charge in [-0.15, -0.1) is 23.2 Å². The Morgan fingerprint density at radius 3 is 2.33 bits per heavy atom. The number of hydrogen-bond acceptors (Lipinski definition) is 5. The molecule has 2 heterocycles. The van der Waals surface area contributed by atoms with Gasteiger partial charge in [0.05, 0.1) is 17.3 Å². The molecule has 3 fully saturated rings. The molecule has 1 saturated carbocycles. The van der Waals surface area contributed by atoms with Crippen LogP contribution in [0.25, 0.3) is 0 Å². The van der Waals surface area contributed by atoms with E-state index in [1.54, 1.807) is 26.8 Å². The molecule has 11 heteroatoms. The maximum atomic E-state index is 13.7. The zero-order valence-corrected chi connectivity index (χ0v) is 23.6. The fourth-order valence-corrected chi connectivity index (χ4v) is 8.21. The largest absolute Gasteiger partial charge is 0.508 e. The molecular weight excluding hydrogens is 595 g/mol. The van der Waals surface area contributed by atoms with E-state index in [2.05, 4.69) is 15.9 Å². The Labute approximate surface area is 231 Å². The van der Waals surface area contributed by atoms with Gasteiger partial charge in [-0.1, -0.05) is 45.2 Å². The third-order valence-electron chi connectivity index (χ3n) is 7.98. The Bertz CT molecular complexity index is 1260. The predicted octanol–water partition coefficient (Wildman–Crippen LogP) is 4.56.